The van der Waals surface area contributed by atoms with Crippen molar-refractivity contribution in [2.24, 2.45) is 10.2 Å². The van der Waals surface area contributed by atoms with Crippen molar-refractivity contribution in [2.75, 3.05) is 6.61 Å². The highest BCUT2D eigenvalue weighted by atomic mass is 79.9. The molecule has 1 rings (SSSR count). The summed E-state index contributed by atoms with van der Waals surface area (Å²) < 4.78 is 5.74. The van der Waals surface area contributed by atoms with Gasteiger partial charge in [0.15, 0.2) is 0 Å². The fourth-order valence-corrected chi connectivity index (χ4v) is 1.27. The summed E-state index contributed by atoms with van der Waals surface area (Å²) in [5.74, 6) is -0.694. The Morgan fingerprint density at radius 2 is 2.11 bits per heavy atom. The van der Waals surface area contributed by atoms with Crippen molar-refractivity contribution in [1.82, 2.24) is 0 Å². The van der Waals surface area contributed by atoms with Gasteiger partial charge in [0.25, 0.3) is 0 Å². The molecule has 0 aliphatic heterocycles. The first-order chi connectivity index (χ1) is 8.67. The maximum atomic E-state index is 11.4. The van der Waals surface area contributed by atoms with Gasteiger partial charge >= 0.3 is 5.97 Å². The smallest absolute Gasteiger partial charge is 0.362 e. The second-order valence-electron chi connectivity index (χ2n) is 3.33. The molecule has 0 unspecified atom stereocenters. The molecule has 0 saturated carbocycles. The molecule has 1 aromatic carbocycles. The van der Waals surface area contributed by atoms with Gasteiger partial charge in [-0.25, -0.2) is 4.79 Å². The molecule has 6 heteroatoms. The number of nitrogens with zero attached hydrogens (tertiary/aromatic N) is 2. The van der Waals surface area contributed by atoms with Crippen LogP contribution >= 0.6 is 15.9 Å². The highest BCUT2D eigenvalue weighted by Gasteiger charge is 2.10. The van der Waals surface area contributed by atoms with Crippen molar-refractivity contribution in [3.05, 3.63) is 40.7 Å². The van der Waals surface area contributed by atoms with Crippen LogP contribution in [-0.4, -0.2) is 17.7 Å². The van der Waals surface area contributed by atoms with Crippen LogP contribution in [0.2, 0.25) is 0 Å². The number of rotatable bonds is 5. The summed E-state index contributed by atoms with van der Waals surface area (Å²) in [4.78, 5) is 11.4. The Morgan fingerprint density at radius 1 is 1.44 bits per heavy atom. The van der Waals surface area contributed by atoms with Crippen LogP contribution in [0.1, 0.15) is 13.3 Å². The molecule has 5 nitrogen and oxygen atoms in total. The zero-order chi connectivity index (χ0) is 13.4. The Morgan fingerprint density at radius 3 is 2.67 bits per heavy atom. The fraction of sp³-hybridized carbons (Fsp3) is 0.250. The number of hydrogen-bond acceptors (Lipinski definition) is 5. The minimum Gasteiger partial charge on any atom is -0.513 e. The van der Waals surface area contributed by atoms with Gasteiger partial charge in [0, 0.05) is 4.47 Å². The monoisotopic (exact) mass is 312 g/mol. The predicted octanol–water partition coefficient (Wildman–Crippen LogP) is 3.89. The maximum Gasteiger partial charge on any atom is 0.362 e. The van der Waals surface area contributed by atoms with Crippen LogP contribution < -0.4 is 0 Å². The lowest BCUT2D eigenvalue weighted by molar-refractivity contribution is -0.139. The van der Waals surface area contributed by atoms with E-state index in [1.807, 2.05) is 6.92 Å². The zero-order valence-electron chi connectivity index (χ0n) is 9.84. The molecule has 0 aromatic heterocycles. The van der Waals surface area contributed by atoms with Crippen LogP contribution in [0.15, 0.2) is 50.9 Å². The molecule has 18 heavy (non-hydrogen) atoms. The summed E-state index contributed by atoms with van der Waals surface area (Å²) in [6.07, 6.45) is 1.29. The van der Waals surface area contributed by atoms with E-state index in [1.165, 1.54) is 0 Å². The molecule has 0 spiro atoms. The Bertz CT molecular complexity index is 455. The summed E-state index contributed by atoms with van der Waals surface area (Å²) in [5, 5.41) is 16.4. The van der Waals surface area contributed by atoms with E-state index in [0.717, 1.165) is 4.47 Å². The molecule has 1 N–H and O–H groups in total. The first kappa shape index (κ1) is 14.4. The van der Waals surface area contributed by atoms with E-state index in [9.17, 15) is 4.79 Å². The molecule has 96 valence electrons. The Labute approximate surface area is 113 Å². The lowest BCUT2D eigenvalue weighted by atomic mass is 10.3. The van der Waals surface area contributed by atoms with Crippen molar-refractivity contribution >= 4 is 27.6 Å². The third-order valence-electron chi connectivity index (χ3n) is 1.87. The quantitative estimate of drug-likeness (QED) is 0.388. The number of aliphatic hydroxyl groups is 1. The number of hydrogen-bond donors (Lipinski definition) is 1. The fourth-order valence-electron chi connectivity index (χ4n) is 1.01. The van der Waals surface area contributed by atoms with Crippen LogP contribution in [0, 0.1) is 0 Å². The number of azo groups is 1. The van der Waals surface area contributed by atoms with Crippen molar-refractivity contribution in [2.45, 2.75) is 13.3 Å². The lowest BCUT2D eigenvalue weighted by Crippen LogP contribution is -2.07. The van der Waals surface area contributed by atoms with Gasteiger partial charge in [0.05, 0.1) is 12.3 Å². The average Bonchev–Trinajstić information content (AvgIpc) is 2.39. The van der Waals surface area contributed by atoms with Crippen molar-refractivity contribution < 1.29 is 14.6 Å². The van der Waals surface area contributed by atoms with Crippen LogP contribution in [0.25, 0.3) is 0 Å². The van der Waals surface area contributed by atoms with E-state index < -0.39 is 5.97 Å². The zero-order valence-corrected chi connectivity index (χ0v) is 11.4. The van der Waals surface area contributed by atoms with E-state index in [4.69, 9.17) is 9.84 Å². The molecule has 0 fully saturated rings. The summed E-state index contributed by atoms with van der Waals surface area (Å²) in [5.41, 5.74) is 0.340. The van der Waals surface area contributed by atoms with E-state index in [-0.39, 0.29) is 12.3 Å². The number of carbonyl (C=O) groups is 1. The molecule has 0 aliphatic rings. The summed E-state index contributed by atoms with van der Waals surface area (Å²) in [6, 6.07) is 7.04. The Hall–Kier alpha value is -1.69. The van der Waals surface area contributed by atoms with Crippen molar-refractivity contribution in [3.8, 4) is 0 Å². The van der Waals surface area contributed by atoms with Gasteiger partial charge in [-0.05, 0) is 30.7 Å². The average molecular weight is 313 g/mol. The largest absolute Gasteiger partial charge is 0.513 e. The topological polar surface area (TPSA) is 71.2 Å². The van der Waals surface area contributed by atoms with Gasteiger partial charge in [-0.2, -0.15) is 5.11 Å². The molecule has 0 saturated heterocycles. The molecule has 0 radical (unpaired) electrons. The minimum atomic E-state index is -0.694. The summed E-state index contributed by atoms with van der Waals surface area (Å²) >= 11 is 3.29. The van der Waals surface area contributed by atoms with Gasteiger partial charge in [-0.15, -0.1) is 5.11 Å². The Kier molecular flexibility index (Phi) is 6.07. The van der Waals surface area contributed by atoms with E-state index in [2.05, 4.69) is 26.2 Å². The summed E-state index contributed by atoms with van der Waals surface area (Å²) in [7, 11) is 0. The predicted molar refractivity (Wildman–Crippen MR) is 70.6 cm³/mol. The number of benzene rings is 1. The van der Waals surface area contributed by atoms with Crippen LogP contribution in [0.5, 0.6) is 0 Å². The van der Waals surface area contributed by atoms with Gasteiger partial charge in [0.1, 0.15) is 6.26 Å². The molecule has 0 atom stereocenters. The highest BCUT2D eigenvalue weighted by molar-refractivity contribution is 9.10. The molecule has 0 bridgehead atoms. The van der Waals surface area contributed by atoms with Gasteiger partial charge in [-0.1, -0.05) is 22.9 Å². The van der Waals surface area contributed by atoms with Crippen molar-refractivity contribution in [1.29, 1.82) is 0 Å². The third kappa shape index (κ3) is 4.67. The van der Waals surface area contributed by atoms with Crippen LogP contribution in [-0.2, 0) is 9.53 Å². The SMILES string of the molecule is CCCOC(=O)/C(=C\O)N=Nc1ccc(Br)cc1. The maximum absolute atomic E-state index is 11.4. The van der Waals surface area contributed by atoms with Gasteiger partial charge in [-0.3, -0.25) is 0 Å². The number of aliphatic hydroxyl groups excluding tert-OH is 1. The van der Waals surface area contributed by atoms with Gasteiger partial charge in [0.2, 0.25) is 5.70 Å². The van der Waals surface area contributed by atoms with E-state index >= 15 is 0 Å². The number of esters is 1. The molecule has 1 aromatic rings. The number of ether oxygens (including phenoxy) is 1. The second kappa shape index (κ2) is 7.60. The molecule has 0 heterocycles. The normalized spacial score (nSPS) is 11.8. The standard InChI is InChI=1S/C12H13BrN2O3/c1-2-7-18-12(17)11(8-16)15-14-10-5-3-9(13)4-6-10/h3-6,8,16H,2,7H2,1H3/b11-8+,15-14?. The lowest BCUT2D eigenvalue weighted by Gasteiger charge is -2.00. The van der Waals surface area contributed by atoms with E-state index in [0.29, 0.717) is 18.4 Å². The first-order valence-corrected chi connectivity index (χ1v) is 6.15. The molecular formula is C12H13BrN2O3. The Balaban J connectivity index is 2.68. The van der Waals surface area contributed by atoms with Gasteiger partial charge < -0.3 is 9.84 Å². The molecule has 0 aliphatic carbocycles. The van der Waals surface area contributed by atoms with Crippen molar-refractivity contribution in [3.63, 3.8) is 0 Å². The number of halogens is 1. The summed E-state index contributed by atoms with van der Waals surface area (Å²) in [6.45, 7) is 2.16. The van der Waals surface area contributed by atoms with Crippen LogP contribution in [0.4, 0.5) is 5.69 Å². The number of carbonyl (C=O) groups excluding carboxylic acids is 1. The van der Waals surface area contributed by atoms with E-state index in [1.54, 1.807) is 24.3 Å². The van der Waals surface area contributed by atoms with Crippen LogP contribution in [0.3, 0.4) is 0 Å². The third-order valence-corrected chi connectivity index (χ3v) is 2.40. The minimum absolute atomic E-state index is 0.230. The molecule has 0 amide bonds. The highest BCUT2D eigenvalue weighted by Crippen LogP contribution is 2.18. The molecular weight excluding hydrogens is 300 g/mol. The second-order valence-corrected chi connectivity index (χ2v) is 4.24. The first-order valence-electron chi connectivity index (χ1n) is 5.36.